The topological polar surface area (TPSA) is 104 Å². The van der Waals surface area contributed by atoms with Gasteiger partial charge in [0, 0.05) is 23.4 Å². The number of halogens is 5. The Hall–Kier alpha value is -3.06. The normalized spacial score (nSPS) is 28.4. The first-order chi connectivity index (χ1) is 18.5. The summed E-state index contributed by atoms with van der Waals surface area (Å²) in [5, 5.41) is 12.9. The molecule has 0 radical (unpaired) electrons. The van der Waals surface area contributed by atoms with Crippen molar-refractivity contribution in [2.75, 3.05) is 6.26 Å². The van der Waals surface area contributed by atoms with Gasteiger partial charge in [0.1, 0.15) is 17.7 Å². The standard InChI is InChI=1S/C27H27F5N2O5S/c1-26(37)11-15(12-26)23(17-9-20(29)18(10-19(17)28)27(30,31)32)33-24(35)22-8-14-7-21(14)34(22)25(36)13-4-3-5-16(6-13)40(2,38)39/h3-6,9-10,14-15,21-23,37H,7-8,11-12H2,1-2H3,(H,33,35)/t14-,15?,21-,22-,23?,26?/m1/s1. The van der Waals surface area contributed by atoms with Crippen molar-refractivity contribution in [1.82, 2.24) is 10.2 Å². The fourth-order valence-electron chi connectivity index (χ4n) is 6.01. The molecule has 13 heteroatoms. The number of piperidine rings is 1. The quantitative estimate of drug-likeness (QED) is 0.498. The highest BCUT2D eigenvalue weighted by Crippen LogP contribution is 2.50. The summed E-state index contributed by atoms with van der Waals surface area (Å²) >= 11 is 0. The van der Waals surface area contributed by atoms with Crippen LogP contribution in [0, 0.1) is 23.5 Å². The van der Waals surface area contributed by atoms with Crippen molar-refractivity contribution < 1.29 is 45.1 Å². The molecule has 2 amide bonds. The Morgan fingerprint density at radius 1 is 1.10 bits per heavy atom. The van der Waals surface area contributed by atoms with E-state index in [9.17, 15) is 45.1 Å². The van der Waals surface area contributed by atoms with E-state index in [0.717, 1.165) is 6.26 Å². The summed E-state index contributed by atoms with van der Waals surface area (Å²) in [5.74, 6) is -4.89. The molecule has 0 bridgehead atoms. The van der Waals surface area contributed by atoms with Gasteiger partial charge in [-0.3, -0.25) is 9.59 Å². The number of nitrogens with zero attached hydrogens (tertiary/aromatic N) is 1. The van der Waals surface area contributed by atoms with Crippen molar-refractivity contribution in [1.29, 1.82) is 0 Å². The van der Waals surface area contributed by atoms with E-state index < -0.39 is 74.2 Å². The number of rotatable bonds is 6. The van der Waals surface area contributed by atoms with E-state index in [4.69, 9.17) is 0 Å². The summed E-state index contributed by atoms with van der Waals surface area (Å²) in [5.41, 5.74) is -3.34. The van der Waals surface area contributed by atoms with E-state index in [1.54, 1.807) is 0 Å². The maximum Gasteiger partial charge on any atom is 0.419 e. The molecule has 1 heterocycles. The van der Waals surface area contributed by atoms with Crippen molar-refractivity contribution in [2.24, 2.45) is 11.8 Å². The number of amides is 2. The van der Waals surface area contributed by atoms with E-state index in [0.29, 0.717) is 12.5 Å². The van der Waals surface area contributed by atoms with Crippen LogP contribution >= 0.6 is 0 Å². The van der Waals surface area contributed by atoms with Crippen molar-refractivity contribution >= 4 is 21.7 Å². The third-order valence-electron chi connectivity index (χ3n) is 8.05. The van der Waals surface area contributed by atoms with E-state index in [1.165, 1.54) is 36.1 Å². The lowest BCUT2D eigenvalue weighted by Crippen LogP contribution is -2.52. The SMILES string of the molecule is CC1(O)CC(C(NC(=O)[C@H]2C[C@H]3C[C@H]3N2C(=O)c2cccc(S(C)(=O)=O)c2)c2cc(F)c(C(F)(F)F)cc2F)C1. The van der Waals surface area contributed by atoms with Crippen molar-refractivity contribution in [3.8, 4) is 0 Å². The van der Waals surface area contributed by atoms with Gasteiger partial charge >= 0.3 is 6.18 Å². The van der Waals surface area contributed by atoms with E-state index >= 15 is 0 Å². The zero-order valence-corrected chi connectivity index (χ0v) is 22.3. The molecule has 2 aromatic carbocycles. The van der Waals surface area contributed by atoms with Gasteiger partial charge in [0.25, 0.3) is 5.91 Å². The molecule has 7 nitrogen and oxygen atoms in total. The van der Waals surface area contributed by atoms with Crippen LogP contribution in [-0.4, -0.2) is 54.2 Å². The minimum Gasteiger partial charge on any atom is -0.390 e. The summed E-state index contributed by atoms with van der Waals surface area (Å²) in [4.78, 5) is 28.3. The van der Waals surface area contributed by atoms with Gasteiger partial charge in [-0.2, -0.15) is 13.2 Å². The Kier molecular flexibility index (Phi) is 6.77. The lowest BCUT2D eigenvalue weighted by Gasteiger charge is -2.45. The number of carbonyl (C=O) groups excluding carboxylic acids is 2. The minimum atomic E-state index is -5.12. The fourth-order valence-corrected chi connectivity index (χ4v) is 6.68. The number of carbonyl (C=O) groups is 2. The van der Waals surface area contributed by atoms with Crippen LogP contribution in [0.25, 0.3) is 0 Å². The number of nitrogens with one attached hydrogen (secondary N) is 1. The van der Waals surface area contributed by atoms with Crippen LogP contribution in [0.15, 0.2) is 41.3 Å². The molecule has 1 aliphatic heterocycles. The number of fused-ring (bicyclic) bond motifs is 1. The van der Waals surface area contributed by atoms with E-state index in [2.05, 4.69) is 5.32 Å². The largest absolute Gasteiger partial charge is 0.419 e. The first-order valence-corrected chi connectivity index (χ1v) is 14.6. The third-order valence-corrected chi connectivity index (χ3v) is 9.16. The maximum atomic E-state index is 15.0. The molecule has 40 heavy (non-hydrogen) atoms. The Balaban J connectivity index is 1.43. The third kappa shape index (κ3) is 5.32. The predicted octanol–water partition coefficient (Wildman–Crippen LogP) is 4.01. The molecule has 5 rings (SSSR count). The lowest BCUT2D eigenvalue weighted by molar-refractivity contribution is -0.140. The number of aliphatic hydroxyl groups is 1. The molecule has 216 valence electrons. The first-order valence-electron chi connectivity index (χ1n) is 12.7. The van der Waals surface area contributed by atoms with Gasteiger partial charge in [-0.1, -0.05) is 6.07 Å². The molecule has 0 spiro atoms. The van der Waals surface area contributed by atoms with E-state index in [-0.39, 0.29) is 47.7 Å². The lowest BCUT2D eigenvalue weighted by atomic mass is 9.67. The second kappa shape index (κ2) is 9.51. The van der Waals surface area contributed by atoms with Gasteiger partial charge in [0.2, 0.25) is 5.91 Å². The zero-order valence-electron chi connectivity index (χ0n) is 21.5. The Morgan fingerprint density at radius 3 is 2.38 bits per heavy atom. The highest BCUT2D eigenvalue weighted by Gasteiger charge is 2.57. The van der Waals surface area contributed by atoms with Crippen molar-refractivity contribution in [3.63, 3.8) is 0 Å². The Labute approximate surface area is 227 Å². The monoisotopic (exact) mass is 586 g/mol. The van der Waals surface area contributed by atoms with Crippen LogP contribution in [0.3, 0.4) is 0 Å². The van der Waals surface area contributed by atoms with Crippen LogP contribution in [0.5, 0.6) is 0 Å². The van der Waals surface area contributed by atoms with Gasteiger partial charge in [-0.05, 0) is 74.8 Å². The van der Waals surface area contributed by atoms with Gasteiger partial charge < -0.3 is 15.3 Å². The molecule has 1 unspecified atom stereocenters. The van der Waals surface area contributed by atoms with Gasteiger partial charge in [-0.15, -0.1) is 0 Å². The van der Waals surface area contributed by atoms with Gasteiger partial charge in [-0.25, -0.2) is 17.2 Å². The zero-order chi connectivity index (χ0) is 29.4. The highest BCUT2D eigenvalue weighted by molar-refractivity contribution is 7.90. The molecule has 2 aromatic rings. The molecule has 2 saturated carbocycles. The summed E-state index contributed by atoms with van der Waals surface area (Å²) in [6.07, 6.45) is -3.03. The Morgan fingerprint density at radius 2 is 1.77 bits per heavy atom. The summed E-state index contributed by atoms with van der Waals surface area (Å²) in [7, 11) is -3.60. The molecule has 3 aliphatic rings. The van der Waals surface area contributed by atoms with E-state index in [1.807, 2.05) is 0 Å². The van der Waals surface area contributed by atoms with Gasteiger partial charge in [0.05, 0.1) is 22.1 Å². The molecule has 2 N–H and O–H groups in total. The molecular formula is C27H27F5N2O5S. The maximum absolute atomic E-state index is 15.0. The van der Waals surface area contributed by atoms with Crippen LogP contribution in [0.2, 0.25) is 0 Å². The van der Waals surface area contributed by atoms with Crippen LogP contribution in [-0.2, 0) is 20.8 Å². The van der Waals surface area contributed by atoms with Crippen LogP contribution in [0.4, 0.5) is 22.0 Å². The molecule has 1 saturated heterocycles. The number of likely N-dealkylation sites (tertiary alicyclic amines) is 1. The number of hydrogen-bond donors (Lipinski definition) is 2. The second-order valence-electron chi connectivity index (χ2n) is 11.3. The first kappa shape index (κ1) is 28.5. The highest BCUT2D eigenvalue weighted by atomic mass is 32.2. The summed E-state index contributed by atoms with van der Waals surface area (Å²) < 4.78 is 92.8. The fraction of sp³-hybridized carbons (Fsp3) is 0.481. The van der Waals surface area contributed by atoms with Gasteiger partial charge in [0.15, 0.2) is 9.84 Å². The Bertz CT molecular complexity index is 1480. The number of sulfone groups is 1. The molecular weight excluding hydrogens is 559 g/mol. The summed E-state index contributed by atoms with van der Waals surface area (Å²) in [6, 6.07) is 3.36. The average Bonchev–Trinajstić information content (AvgIpc) is 3.50. The average molecular weight is 587 g/mol. The molecule has 4 atom stereocenters. The van der Waals surface area contributed by atoms with Crippen molar-refractivity contribution in [3.05, 3.63) is 64.7 Å². The predicted molar refractivity (Wildman–Crippen MR) is 132 cm³/mol. The minimum absolute atomic E-state index is 0.0286. The summed E-state index contributed by atoms with van der Waals surface area (Å²) in [6.45, 7) is 1.52. The number of hydrogen-bond acceptors (Lipinski definition) is 5. The molecule has 2 aliphatic carbocycles. The smallest absolute Gasteiger partial charge is 0.390 e. The number of alkyl halides is 3. The van der Waals surface area contributed by atoms with Crippen LogP contribution in [0.1, 0.15) is 60.1 Å². The molecule has 3 fully saturated rings. The van der Waals surface area contributed by atoms with Crippen LogP contribution < -0.4 is 5.32 Å². The van der Waals surface area contributed by atoms with Crippen molar-refractivity contribution in [2.45, 2.75) is 67.4 Å². The second-order valence-corrected chi connectivity index (χ2v) is 13.3. The number of benzene rings is 2. The molecule has 0 aromatic heterocycles.